The number of carbonyl (C=O) groups is 1. The maximum atomic E-state index is 12.4. The molecule has 0 bridgehead atoms. The van der Waals surface area contributed by atoms with Crippen molar-refractivity contribution in [1.82, 2.24) is 0 Å². The standard InChI is InChI=1S/C16H26O4Si2/c1-18-14-10-8-13(9-11-14)12-15(19-21(2,3)4)16(17)20-22(5,6)7/h8-12H,1-7H3/b15-12-. The number of benzene rings is 1. The van der Waals surface area contributed by atoms with E-state index in [1.807, 2.05) is 63.5 Å². The Morgan fingerprint density at radius 1 is 0.909 bits per heavy atom. The molecule has 0 heterocycles. The molecule has 0 N–H and O–H groups in total. The zero-order valence-electron chi connectivity index (χ0n) is 14.5. The molecule has 0 aliphatic heterocycles. The van der Waals surface area contributed by atoms with E-state index in [0.29, 0.717) is 0 Å². The molecule has 4 nitrogen and oxygen atoms in total. The molecule has 0 saturated carbocycles. The van der Waals surface area contributed by atoms with E-state index in [0.717, 1.165) is 11.3 Å². The van der Waals surface area contributed by atoms with Gasteiger partial charge in [0.25, 0.3) is 0 Å². The second kappa shape index (κ2) is 7.15. The highest BCUT2D eigenvalue weighted by atomic mass is 28.4. The second-order valence-electron chi connectivity index (χ2n) is 7.00. The summed E-state index contributed by atoms with van der Waals surface area (Å²) in [6.45, 7) is 12.0. The van der Waals surface area contributed by atoms with Gasteiger partial charge in [0.05, 0.1) is 7.11 Å². The molecule has 0 atom stereocenters. The monoisotopic (exact) mass is 338 g/mol. The van der Waals surface area contributed by atoms with Crippen molar-refractivity contribution in [1.29, 1.82) is 0 Å². The zero-order valence-corrected chi connectivity index (χ0v) is 16.5. The predicted octanol–water partition coefficient (Wildman–Crippen LogP) is 4.27. The molecule has 0 spiro atoms. The minimum atomic E-state index is -1.97. The molecule has 0 radical (unpaired) electrons. The van der Waals surface area contributed by atoms with E-state index in [9.17, 15) is 4.79 Å². The van der Waals surface area contributed by atoms with Crippen molar-refractivity contribution < 1.29 is 18.4 Å². The molecule has 0 aliphatic carbocycles. The summed E-state index contributed by atoms with van der Waals surface area (Å²) in [7, 11) is -2.25. The van der Waals surface area contributed by atoms with Crippen LogP contribution in [0.2, 0.25) is 39.3 Å². The summed E-state index contributed by atoms with van der Waals surface area (Å²) in [4.78, 5) is 12.4. The minimum Gasteiger partial charge on any atom is -0.539 e. The van der Waals surface area contributed by atoms with Crippen LogP contribution < -0.4 is 4.74 Å². The van der Waals surface area contributed by atoms with Crippen molar-refractivity contribution in [2.24, 2.45) is 0 Å². The van der Waals surface area contributed by atoms with Gasteiger partial charge in [-0.05, 0) is 63.1 Å². The van der Waals surface area contributed by atoms with Gasteiger partial charge >= 0.3 is 5.97 Å². The normalized spacial score (nSPS) is 12.8. The molecule has 0 saturated heterocycles. The van der Waals surface area contributed by atoms with Gasteiger partial charge in [-0.1, -0.05) is 12.1 Å². The van der Waals surface area contributed by atoms with Gasteiger partial charge in [0.2, 0.25) is 16.6 Å². The molecular formula is C16H26O4Si2. The summed E-state index contributed by atoms with van der Waals surface area (Å²) in [5.74, 6) is 0.679. The Morgan fingerprint density at radius 3 is 1.82 bits per heavy atom. The van der Waals surface area contributed by atoms with Gasteiger partial charge in [0.1, 0.15) is 5.75 Å². The summed E-state index contributed by atoms with van der Waals surface area (Å²) in [6, 6.07) is 7.46. The number of rotatable bonds is 6. The van der Waals surface area contributed by atoms with Crippen molar-refractivity contribution >= 4 is 28.7 Å². The highest BCUT2D eigenvalue weighted by molar-refractivity contribution is 6.72. The molecule has 1 aromatic carbocycles. The van der Waals surface area contributed by atoms with Crippen LogP contribution in [0.1, 0.15) is 5.56 Å². The quantitative estimate of drug-likeness (QED) is 0.441. The minimum absolute atomic E-state index is 0.284. The zero-order chi connectivity index (χ0) is 17.0. The molecule has 0 amide bonds. The Kier molecular flexibility index (Phi) is 6.02. The van der Waals surface area contributed by atoms with Crippen molar-refractivity contribution in [2.45, 2.75) is 39.3 Å². The molecule has 122 valence electrons. The Morgan fingerprint density at radius 2 is 1.41 bits per heavy atom. The smallest absolute Gasteiger partial charge is 0.358 e. The largest absolute Gasteiger partial charge is 0.539 e. The van der Waals surface area contributed by atoms with Gasteiger partial charge in [-0.15, -0.1) is 0 Å². The summed E-state index contributed by atoms with van der Waals surface area (Å²) < 4.78 is 16.6. The van der Waals surface area contributed by atoms with Crippen LogP contribution in [0.25, 0.3) is 6.08 Å². The molecule has 0 fully saturated rings. The van der Waals surface area contributed by atoms with Crippen LogP contribution in [-0.2, 0) is 13.6 Å². The van der Waals surface area contributed by atoms with Crippen molar-refractivity contribution in [3.63, 3.8) is 0 Å². The van der Waals surface area contributed by atoms with Gasteiger partial charge in [0, 0.05) is 0 Å². The highest BCUT2D eigenvalue weighted by Crippen LogP contribution is 2.19. The number of carbonyl (C=O) groups excluding carboxylic acids is 1. The van der Waals surface area contributed by atoms with E-state index in [1.54, 1.807) is 13.2 Å². The average molecular weight is 339 g/mol. The van der Waals surface area contributed by atoms with Gasteiger partial charge in [-0.2, -0.15) is 0 Å². The maximum absolute atomic E-state index is 12.4. The van der Waals surface area contributed by atoms with Gasteiger partial charge in [0.15, 0.2) is 5.76 Å². The lowest BCUT2D eigenvalue weighted by Crippen LogP contribution is -2.33. The van der Waals surface area contributed by atoms with Crippen molar-refractivity contribution in [2.75, 3.05) is 7.11 Å². The van der Waals surface area contributed by atoms with Crippen LogP contribution in [0, 0.1) is 0 Å². The van der Waals surface area contributed by atoms with Gasteiger partial charge in [-0.3, -0.25) is 0 Å². The highest BCUT2D eigenvalue weighted by Gasteiger charge is 2.27. The topological polar surface area (TPSA) is 44.8 Å². The summed E-state index contributed by atoms with van der Waals surface area (Å²) in [5.41, 5.74) is 0.876. The van der Waals surface area contributed by atoms with E-state index >= 15 is 0 Å². The number of ether oxygens (including phenoxy) is 1. The molecule has 1 aromatic rings. The van der Waals surface area contributed by atoms with Gasteiger partial charge in [-0.25, -0.2) is 4.79 Å². The molecule has 6 heteroatoms. The fourth-order valence-electron chi connectivity index (χ4n) is 1.64. The SMILES string of the molecule is COc1ccc(/C=C(\O[Si](C)(C)C)C(=O)O[Si](C)(C)C)cc1. The molecule has 22 heavy (non-hydrogen) atoms. The predicted molar refractivity (Wildman–Crippen MR) is 94.8 cm³/mol. The average Bonchev–Trinajstić information content (AvgIpc) is 2.35. The molecule has 0 unspecified atom stereocenters. The lowest BCUT2D eigenvalue weighted by Gasteiger charge is -2.24. The third-order valence-corrected chi connectivity index (χ3v) is 4.06. The van der Waals surface area contributed by atoms with Crippen LogP contribution in [-0.4, -0.2) is 29.7 Å². The first-order valence-electron chi connectivity index (χ1n) is 7.28. The lowest BCUT2D eigenvalue weighted by atomic mass is 10.2. The molecule has 0 aromatic heterocycles. The van der Waals surface area contributed by atoms with Gasteiger partial charge < -0.3 is 13.6 Å². The summed E-state index contributed by atoms with van der Waals surface area (Å²) in [5, 5.41) is 0. The third kappa shape index (κ3) is 6.95. The molecule has 1 rings (SSSR count). The number of methoxy groups -OCH3 is 1. The van der Waals surface area contributed by atoms with Crippen LogP contribution >= 0.6 is 0 Å². The second-order valence-corrected chi connectivity index (χ2v) is 15.9. The fraction of sp³-hybridized carbons (Fsp3) is 0.438. The summed E-state index contributed by atoms with van der Waals surface area (Å²) in [6.07, 6.45) is 1.74. The van der Waals surface area contributed by atoms with Crippen LogP contribution in [0.3, 0.4) is 0 Å². The number of hydrogen-bond donors (Lipinski definition) is 0. The molecule has 0 aliphatic rings. The van der Waals surface area contributed by atoms with Crippen LogP contribution in [0.5, 0.6) is 5.75 Å². The third-order valence-electron chi connectivity index (χ3n) is 2.43. The Balaban J connectivity index is 3.07. The number of hydrogen-bond acceptors (Lipinski definition) is 4. The molecular weight excluding hydrogens is 312 g/mol. The lowest BCUT2D eigenvalue weighted by molar-refractivity contribution is -0.133. The first-order valence-corrected chi connectivity index (χ1v) is 14.1. The van der Waals surface area contributed by atoms with Crippen LogP contribution in [0.15, 0.2) is 30.0 Å². The fourth-order valence-corrected chi connectivity index (χ4v) is 3.10. The van der Waals surface area contributed by atoms with Crippen molar-refractivity contribution in [3.05, 3.63) is 35.6 Å². The Hall–Kier alpha value is -1.54. The first-order chi connectivity index (χ1) is 10.00. The van der Waals surface area contributed by atoms with E-state index in [2.05, 4.69) is 0 Å². The maximum Gasteiger partial charge on any atom is 0.358 e. The van der Waals surface area contributed by atoms with E-state index in [1.165, 1.54) is 0 Å². The van der Waals surface area contributed by atoms with Crippen molar-refractivity contribution in [3.8, 4) is 5.75 Å². The van der Waals surface area contributed by atoms with Crippen LogP contribution in [0.4, 0.5) is 0 Å². The first kappa shape index (κ1) is 18.5. The Bertz CT molecular complexity index is 537. The van der Waals surface area contributed by atoms with E-state index in [-0.39, 0.29) is 11.7 Å². The Labute approximate surface area is 135 Å². The summed E-state index contributed by atoms with van der Waals surface area (Å²) >= 11 is 0. The van der Waals surface area contributed by atoms with E-state index in [4.69, 9.17) is 13.6 Å². The van der Waals surface area contributed by atoms with E-state index < -0.39 is 16.6 Å².